The molecule has 1 aromatic heterocycles. The van der Waals surface area contributed by atoms with E-state index in [9.17, 15) is 4.79 Å². The first kappa shape index (κ1) is 12.9. The number of rotatable bonds is 4. The Morgan fingerprint density at radius 3 is 2.79 bits per heavy atom. The van der Waals surface area contributed by atoms with Crippen molar-refractivity contribution in [1.82, 2.24) is 14.7 Å². The lowest BCUT2D eigenvalue weighted by molar-refractivity contribution is 0.193. The van der Waals surface area contributed by atoms with E-state index in [1.54, 1.807) is 23.0 Å². The van der Waals surface area contributed by atoms with Gasteiger partial charge in [-0.25, -0.2) is 4.68 Å². The van der Waals surface area contributed by atoms with Crippen LogP contribution >= 0.6 is 0 Å². The predicted molar refractivity (Wildman–Crippen MR) is 75.1 cm³/mol. The summed E-state index contributed by atoms with van der Waals surface area (Å²) < 4.78 is 1.62. The van der Waals surface area contributed by atoms with Crippen molar-refractivity contribution in [3.8, 4) is 0 Å². The molecule has 1 aliphatic carbocycles. The van der Waals surface area contributed by atoms with Crippen LogP contribution in [0.4, 0.5) is 0 Å². The number of nitrogens with zero attached hydrogens (tertiary/aromatic N) is 3. The number of hydrogen-bond donors (Lipinski definition) is 0. The third-order valence-electron chi connectivity index (χ3n) is 4.64. The van der Waals surface area contributed by atoms with Crippen molar-refractivity contribution in [3.63, 3.8) is 0 Å². The summed E-state index contributed by atoms with van der Waals surface area (Å²) in [4.78, 5) is 14.3. The van der Waals surface area contributed by atoms with Crippen LogP contribution in [0.15, 0.2) is 23.1 Å². The summed E-state index contributed by atoms with van der Waals surface area (Å²) in [6.07, 6.45) is 9.78. The number of likely N-dealkylation sites (tertiary alicyclic amines) is 1. The average molecular weight is 261 g/mol. The van der Waals surface area contributed by atoms with Gasteiger partial charge in [0.25, 0.3) is 5.56 Å². The molecule has 0 amide bonds. The van der Waals surface area contributed by atoms with E-state index in [0.717, 1.165) is 12.5 Å². The molecule has 0 aromatic carbocycles. The predicted octanol–water partition coefficient (Wildman–Crippen LogP) is 1.90. The van der Waals surface area contributed by atoms with Crippen molar-refractivity contribution in [2.24, 2.45) is 5.92 Å². The van der Waals surface area contributed by atoms with E-state index < -0.39 is 0 Å². The largest absolute Gasteiger partial charge is 0.298 e. The van der Waals surface area contributed by atoms with Crippen molar-refractivity contribution in [2.75, 3.05) is 13.1 Å². The van der Waals surface area contributed by atoms with Crippen LogP contribution in [-0.4, -0.2) is 33.8 Å². The van der Waals surface area contributed by atoms with E-state index in [1.807, 2.05) is 0 Å². The zero-order valence-electron chi connectivity index (χ0n) is 11.5. The fourth-order valence-electron chi connectivity index (χ4n) is 3.59. The molecule has 1 atom stereocenters. The second kappa shape index (κ2) is 5.87. The molecular formula is C15H23N3O. The normalized spacial score (nSPS) is 25.2. The fourth-order valence-corrected chi connectivity index (χ4v) is 3.59. The van der Waals surface area contributed by atoms with E-state index >= 15 is 0 Å². The molecule has 4 nitrogen and oxygen atoms in total. The van der Waals surface area contributed by atoms with Gasteiger partial charge >= 0.3 is 0 Å². The minimum atomic E-state index is 0.0233. The van der Waals surface area contributed by atoms with Crippen molar-refractivity contribution in [1.29, 1.82) is 0 Å². The lowest BCUT2D eigenvalue weighted by Gasteiger charge is -2.27. The Morgan fingerprint density at radius 2 is 2.00 bits per heavy atom. The third kappa shape index (κ3) is 3.06. The molecule has 0 spiro atoms. The zero-order chi connectivity index (χ0) is 13.1. The van der Waals surface area contributed by atoms with E-state index in [4.69, 9.17) is 0 Å². The SMILES string of the molecule is O=c1cccnn1CC1CCCN1CC1CCCC1. The second-order valence-electron chi connectivity index (χ2n) is 5.99. The summed E-state index contributed by atoms with van der Waals surface area (Å²) in [6, 6.07) is 3.82. The minimum Gasteiger partial charge on any atom is -0.298 e. The topological polar surface area (TPSA) is 38.1 Å². The summed E-state index contributed by atoms with van der Waals surface area (Å²) >= 11 is 0. The van der Waals surface area contributed by atoms with E-state index in [-0.39, 0.29) is 5.56 Å². The van der Waals surface area contributed by atoms with Gasteiger partial charge in [-0.3, -0.25) is 9.69 Å². The van der Waals surface area contributed by atoms with Gasteiger partial charge in [0.2, 0.25) is 0 Å². The van der Waals surface area contributed by atoms with E-state index in [2.05, 4.69) is 10.00 Å². The molecule has 4 heteroatoms. The number of aromatic nitrogens is 2. The van der Waals surface area contributed by atoms with Crippen LogP contribution in [0, 0.1) is 5.92 Å². The molecular weight excluding hydrogens is 238 g/mol. The van der Waals surface area contributed by atoms with Crippen LogP contribution < -0.4 is 5.56 Å². The molecule has 2 aliphatic rings. The second-order valence-corrected chi connectivity index (χ2v) is 5.99. The Labute approximate surface area is 114 Å². The highest BCUT2D eigenvalue weighted by atomic mass is 16.1. The smallest absolute Gasteiger partial charge is 0.266 e. The number of hydrogen-bond acceptors (Lipinski definition) is 3. The highest BCUT2D eigenvalue weighted by Gasteiger charge is 2.28. The van der Waals surface area contributed by atoms with Gasteiger partial charge in [-0.2, -0.15) is 5.10 Å². The Balaban J connectivity index is 1.63. The van der Waals surface area contributed by atoms with Gasteiger partial charge in [0.1, 0.15) is 0 Å². The molecule has 104 valence electrons. The van der Waals surface area contributed by atoms with Crippen molar-refractivity contribution >= 4 is 0 Å². The van der Waals surface area contributed by atoms with Crippen LogP contribution in [0.3, 0.4) is 0 Å². The van der Waals surface area contributed by atoms with Gasteiger partial charge in [-0.05, 0) is 44.2 Å². The van der Waals surface area contributed by atoms with E-state index in [1.165, 1.54) is 51.6 Å². The maximum atomic E-state index is 11.7. The van der Waals surface area contributed by atoms with Gasteiger partial charge < -0.3 is 0 Å². The van der Waals surface area contributed by atoms with Crippen molar-refractivity contribution < 1.29 is 0 Å². The average Bonchev–Trinajstić information content (AvgIpc) is 3.06. The molecule has 0 N–H and O–H groups in total. The molecule has 1 aliphatic heterocycles. The molecule has 0 bridgehead atoms. The molecule has 2 fully saturated rings. The van der Waals surface area contributed by atoms with Crippen LogP contribution in [0.2, 0.25) is 0 Å². The van der Waals surface area contributed by atoms with E-state index in [0.29, 0.717) is 6.04 Å². The Morgan fingerprint density at radius 1 is 1.16 bits per heavy atom. The Kier molecular flexibility index (Phi) is 3.97. The van der Waals surface area contributed by atoms with Crippen LogP contribution in [-0.2, 0) is 6.54 Å². The first-order chi connectivity index (χ1) is 9.33. The van der Waals surface area contributed by atoms with Crippen molar-refractivity contribution in [3.05, 3.63) is 28.7 Å². The molecule has 1 saturated carbocycles. The van der Waals surface area contributed by atoms with Gasteiger partial charge in [-0.15, -0.1) is 0 Å². The van der Waals surface area contributed by atoms with Gasteiger partial charge in [0.05, 0.1) is 6.54 Å². The molecule has 19 heavy (non-hydrogen) atoms. The maximum Gasteiger partial charge on any atom is 0.266 e. The molecule has 3 rings (SSSR count). The zero-order valence-corrected chi connectivity index (χ0v) is 11.5. The maximum absolute atomic E-state index is 11.7. The monoisotopic (exact) mass is 261 g/mol. The molecule has 1 saturated heterocycles. The Hall–Kier alpha value is -1.16. The minimum absolute atomic E-state index is 0.0233. The quantitative estimate of drug-likeness (QED) is 0.831. The molecule has 1 unspecified atom stereocenters. The Bertz CT molecular complexity index is 464. The fraction of sp³-hybridized carbons (Fsp3) is 0.733. The molecule has 1 aromatic rings. The molecule has 2 heterocycles. The third-order valence-corrected chi connectivity index (χ3v) is 4.64. The van der Waals surface area contributed by atoms with Crippen LogP contribution in [0.1, 0.15) is 38.5 Å². The highest BCUT2D eigenvalue weighted by molar-refractivity contribution is 4.88. The van der Waals surface area contributed by atoms with Gasteiger partial charge in [-0.1, -0.05) is 12.8 Å². The summed E-state index contributed by atoms with van der Waals surface area (Å²) in [5.41, 5.74) is 0.0233. The highest BCUT2D eigenvalue weighted by Crippen LogP contribution is 2.28. The summed E-state index contributed by atoms with van der Waals surface area (Å²) in [5.74, 6) is 0.890. The van der Waals surface area contributed by atoms with Crippen molar-refractivity contribution in [2.45, 2.75) is 51.1 Å². The first-order valence-electron chi connectivity index (χ1n) is 7.59. The summed E-state index contributed by atoms with van der Waals surface area (Å²) in [6.45, 7) is 3.18. The van der Waals surface area contributed by atoms with Crippen LogP contribution in [0.5, 0.6) is 0 Å². The summed E-state index contributed by atoms with van der Waals surface area (Å²) in [7, 11) is 0. The van der Waals surface area contributed by atoms with Gasteiger partial charge in [0.15, 0.2) is 0 Å². The summed E-state index contributed by atoms with van der Waals surface area (Å²) in [5, 5.41) is 4.19. The van der Waals surface area contributed by atoms with Crippen LogP contribution in [0.25, 0.3) is 0 Å². The standard InChI is InChI=1S/C15H23N3O/c19-15-8-3-9-16-18(15)12-14-7-4-10-17(14)11-13-5-1-2-6-13/h3,8-9,13-14H,1-2,4-7,10-12H2. The van der Waals surface area contributed by atoms with Gasteiger partial charge in [0, 0.05) is 24.8 Å². The lowest BCUT2D eigenvalue weighted by Crippen LogP contribution is -2.39. The molecule has 0 radical (unpaired) electrons. The first-order valence-corrected chi connectivity index (χ1v) is 7.59. The lowest BCUT2D eigenvalue weighted by atomic mass is 10.1.